The van der Waals surface area contributed by atoms with E-state index in [0.29, 0.717) is 24.1 Å². The van der Waals surface area contributed by atoms with Gasteiger partial charge in [-0.2, -0.15) is 0 Å². The summed E-state index contributed by atoms with van der Waals surface area (Å²) in [5, 5.41) is 14.4. The van der Waals surface area contributed by atoms with Gasteiger partial charge in [-0.1, -0.05) is 12.1 Å². The lowest BCUT2D eigenvalue weighted by molar-refractivity contribution is -0.152. The number of halogens is 1. The van der Waals surface area contributed by atoms with Crippen LogP contribution in [0.4, 0.5) is 10.1 Å². The number of carboxylic acid groups (broad SMARTS) is 1. The highest BCUT2D eigenvalue weighted by atomic mass is 19.1. The fourth-order valence-corrected chi connectivity index (χ4v) is 2.94. The number of nitrogens with one attached hydrogen (secondary N) is 2. The minimum Gasteiger partial charge on any atom is -0.481 e. The molecule has 2 amide bonds. The van der Waals surface area contributed by atoms with E-state index in [1.165, 1.54) is 24.3 Å². The maximum atomic E-state index is 12.9. The van der Waals surface area contributed by atoms with Crippen LogP contribution in [0.1, 0.15) is 28.8 Å². The predicted octanol–water partition coefficient (Wildman–Crippen LogP) is 2.81. The third-order valence-electron chi connectivity index (χ3n) is 4.71. The molecule has 0 saturated heterocycles. The molecule has 0 spiro atoms. The molecule has 0 aromatic heterocycles. The van der Waals surface area contributed by atoms with E-state index in [1.807, 2.05) is 0 Å². The fourth-order valence-electron chi connectivity index (χ4n) is 2.94. The number of amides is 2. The summed E-state index contributed by atoms with van der Waals surface area (Å²) in [7, 11) is 0. The van der Waals surface area contributed by atoms with Crippen LogP contribution in [-0.4, -0.2) is 22.9 Å². The smallest absolute Gasteiger partial charge is 0.307 e. The van der Waals surface area contributed by atoms with Crippen molar-refractivity contribution in [2.45, 2.75) is 19.4 Å². The molecule has 3 rings (SSSR count). The van der Waals surface area contributed by atoms with Crippen LogP contribution in [0.3, 0.4) is 0 Å². The summed E-state index contributed by atoms with van der Waals surface area (Å²) in [5.41, 5.74) is 1.72. The second kappa shape index (κ2) is 7.99. The minimum absolute atomic E-state index is 0.258. The summed E-state index contributed by atoms with van der Waals surface area (Å²) in [6.07, 6.45) is 1.12. The lowest BCUT2D eigenvalue weighted by Gasteiger charge is -2.31. The SMILES string of the molecule is O=C(Nc1ccc(F)cc1)c1ccc(CNC(=O)C2CCC2C(=O)O)cc1. The third kappa shape index (κ3) is 4.49. The Hall–Kier alpha value is -3.22. The van der Waals surface area contributed by atoms with Crippen molar-refractivity contribution in [3.8, 4) is 0 Å². The topological polar surface area (TPSA) is 95.5 Å². The van der Waals surface area contributed by atoms with Gasteiger partial charge in [0.2, 0.25) is 5.91 Å². The molecule has 0 radical (unpaired) electrons. The standard InChI is InChI=1S/C20H19FN2O4/c21-14-5-7-15(8-6-14)23-18(24)13-3-1-12(2-4-13)11-22-19(25)16-9-10-17(16)20(26)27/h1-8,16-17H,9-11H2,(H,22,25)(H,23,24)(H,26,27). The molecule has 3 N–H and O–H groups in total. The summed E-state index contributed by atoms with van der Waals surface area (Å²) < 4.78 is 12.9. The molecule has 7 heteroatoms. The van der Waals surface area contributed by atoms with E-state index in [-0.39, 0.29) is 24.2 Å². The van der Waals surface area contributed by atoms with Crippen LogP contribution < -0.4 is 10.6 Å². The van der Waals surface area contributed by atoms with Crippen molar-refractivity contribution in [1.29, 1.82) is 0 Å². The Morgan fingerprint density at radius 1 is 0.963 bits per heavy atom. The number of rotatable bonds is 6. The fraction of sp³-hybridized carbons (Fsp3) is 0.250. The highest BCUT2D eigenvalue weighted by molar-refractivity contribution is 6.04. The molecule has 1 fully saturated rings. The van der Waals surface area contributed by atoms with Crippen molar-refractivity contribution < 1.29 is 23.9 Å². The highest BCUT2D eigenvalue weighted by Gasteiger charge is 2.41. The van der Waals surface area contributed by atoms with Crippen molar-refractivity contribution >= 4 is 23.5 Å². The van der Waals surface area contributed by atoms with Gasteiger partial charge in [0, 0.05) is 17.8 Å². The summed E-state index contributed by atoms with van der Waals surface area (Å²) in [6.45, 7) is 0.265. The van der Waals surface area contributed by atoms with Crippen molar-refractivity contribution in [3.63, 3.8) is 0 Å². The number of carboxylic acids is 1. The Balaban J connectivity index is 1.52. The monoisotopic (exact) mass is 370 g/mol. The lowest BCUT2D eigenvalue weighted by Crippen LogP contribution is -2.43. The van der Waals surface area contributed by atoms with Gasteiger partial charge in [0.25, 0.3) is 5.91 Å². The van der Waals surface area contributed by atoms with Gasteiger partial charge in [0.15, 0.2) is 0 Å². The van der Waals surface area contributed by atoms with E-state index in [0.717, 1.165) is 5.56 Å². The van der Waals surface area contributed by atoms with Crippen LogP contribution in [0.25, 0.3) is 0 Å². The minimum atomic E-state index is -0.932. The van der Waals surface area contributed by atoms with Gasteiger partial charge >= 0.3 is 5.97 Å². The van der Waals surface area contributed by atoms with Gasteiger partial charge in [-0.25, -0.2) is 4.39 Å². The molecule has 6 nitrogen and oxygen atoms in total. The van der Waals surface area contributed by atoms with Crippen molar-refractivity contribution in [2.75, 3.05) is 5.32 Å². The van der Waals surface area contributed by atoms with Crippen molar-refractivity contribution in [2.24, 2.45) is 11.8 Å². The van der Waals surface area contributed by atoms with Crippen LogP contribution in [0.5, 0.6) is 0 Å². The predicted molar refractivity (Wildman–Crippen MR) is 96.5 cm³/mol. The molecule has 2 unspecified atom stereocenters. The van der Waals surface area contributed by atoms with Gasteiger partial charge in [-0.15, -0.1) is 0 Å². The maximum absolute atomic E-state index is 12.9. The first kappa shape index (κ1) is 18.6. The Morgan fingerprint density at radius 2 is 1.59 bits per heavy atom. The number of hydrogen-bond acceptors (Lipinski definition) is 3. The Kier molecular flexibility index (Phi) is 5.49. The third-order valence-corrected chi connectivity index (χ3v) is 4.71. The second-order valence-corrected chi connectivity index (χ2v) is 6.50. The molecule has 2 atom stereocenters. The number of carbonyl (C=O) groups is 3. The molecule has 1 saturated carbocycles. The normalized spacial score (nSPS) is 18.3. The first-order chi connectivity index (χ1) is 12.9. The number of aliphatic carboxylic acids is 1. The lowest BCUT2D eigenvalue weighted by atomic mass is 9.73. The van der Waals surface area contributed by atoms with Crippen LogP contribution in [0.15, 0.2) is 48.5 Å². The van der Waals surface area contributed by atoms with Crippen molar-refractivity contribution in [3.05, 3.63) is 65.5 Å². The summed E-state index contributed by atoms with van der Waals surface area (Å²) in [4.78, 5) is 35.2. The van der Waals surface area contributed by atoms with E-state index >= 15 is 0 Å². The summed E-state index contributed by atoms with van der Waals surface area (Å²) in [6, 6.07) is 12.2. The highest BCUT2D eigenvalue weighted by Crippen LogP contribution is 2.34. The second-order valence-electron chi connectivity index (χ2n) is 6.50. The average Bonchev–Trinajstić information content (AvgIpc) is 2.61. The quantitative estimate of drug-likeness (QED) is 0.729. The van der Waals surface area contributed by atoms with Gasteiger partial charge in [0.1, 0.15) is 5.82 Å². The number of benzene rings is 2. The molecular formula is C20H19FN2O4. The first-order valence-corrected chi connectivity index (χ1v) is 8.60. The van der Waals surface area contributed by atoms with Crippen LogP contribution in [0, 0.1) is 17.7 Å². The van der Waals surface area contributed by atoms with Gasteiger partial charge in [-0.3, -0.25) is 14.4 Å². The Morgan fingerprint density at radius 3 is 2.15 bits per heavy atom. The first-order valence-electron chi connectivity index (χ1n) is 8.60. The van der Waals surface area contributed by atoms with Crippen LogP contribution >= 0.6 is 0 Å². The average molecular weight is 370 g/mol. The molecule has 0 heterocycles. The zero-order valence-corrected chi connectivity index (χ0v) is 14.4. The summed E-state index contributed by atoms with van der Waals surface area (Å²) >= 11 is 0. The molecule has 140 valence electrons. The Labute approximate surface area is 155 Å². The maximum Gasteiger partial charge on any atom is 0.307 e. The number of anilines is 1. The molecule has 2 aromatic carbocycles. The van der Waals surface area contributed by atoms with Crippen molar-refractivity contribution in [1.82, 2.24) is 5.32 Å². The molecule has 0 bridgehead atoms. The van der Waals surface area contributed by atoms with E-state index in [4.69, 9.17) is 5.11 Å². The van der Waals surface area contributed by atoms with Gasteiger partial charge in [-0.05, 0) is 54.8 Å². The Bertz CT molecular complexity index is 849. The molecule has 1 aliphatic rings. The van der Waals surface area contributed by atoms with Gasteiger partial charge < -0.3 is 15.7 Å². The van der Waals surface area contributed by atoms with E-state index < -0.39 is 17.8 Å². The molecule has 0 aliphatic heterocycles. The molecule has 2 aromatic rings. The zero-order valence-electron chi connectivity index (χ0n) is 14.4. The van der Waals surface area contributed by atoms with Gasteiger partial charge in [0.05, 0.1) is 11.8 Å². The number of hydrogen-bond donors (Lipinski definition) is 3. The number of carbonyl (C=O) groups excluding carboxylic acids is 2. The zero-order chi connectivity index (χ0) is 19.4. The molecular weight excluding hydrogens is 351 g/mol. The largest absolute Gasteiger partial charge is 0.481 e. The van der Waals surface area contributed by atoms with Crippen LogP contribution in [0.2, 0.25) is 0 Å². The van der Waals surface area contributed by atoms with Crippen LogP contribution in [-0.2, 0) is 16.1 Å². The van der Waals surface area contributed by atoms with E-state index in [2.05, 4.69) is 10.6 Å². The molecule has 1 aliphatic carbocycles. The van der Waals surface area contributed by atoms with E-state index in [1.54, 1.807) is 24.3 Å². The summed E-state index contributed by atoms with van der Waals surface area (Å²) in [5.74, 6) is -2.96. The molecule has 27 heavy (non-hydrogen) atoms. The van der Waals surface area contributed by atoms with E-state index in [9.17, 15) is 18.8 Å².